The number of nitrogens with zero attached hydrogens (tertiary/aromatic N) is 2. The maximum Gasteiger partial charge on any atom is 0.213 e. The van der Waals surface area contributed by atoms with Crippen LogP contribution in [0.15, 0.2) is 47.6 Å². The summed E-state index contributed by atoms with van der Waals surface area (Å²) in [5.41, 5.74) is 2.39. The average Bonchev–Trinajstić information content (AvgIpc) is 2.70. The molecule has 7 heteroatoms. The van der Waals surface area contributed by atoms with E-state index in [2.05, 4.69) is 39.7 Å². The summed E-state index contributed by atoms with van der Waals surface area (Å²) >= 11 is 0. The van der Waals surface area contributed by atoms with E-state index in [9.17, 15) is 0 Å². The summed E-state index contributed by atoms with van der Waals surface area (Å²) in [6.45, 7) is 3.72. The van der Waals surface area contributed by atoms with Gasteiger partial charge in [0.2, 0.25) is 5.88 Å². The van der Waals surface area contributed by atoms with E-state index < -0.39 is 0 Å². The normalized spacial score (nSPS) is 11.9. The zero-order valence-electron chi connectivity index (χ0n) is 16.4. The van der Waals surface area contributed by atoms with Gasteiger partial charge in [0, 0.05) is 32.4 Å². The van der Waals surface area contributed by atoms with Crippen LogP contribution >= 0.6 is 24.0 Å². The third-order valence-corrected chi connectivity index (χ3v) is 4.25. The van der Waals surface area contributed by atoms with Crippen LogP contribution in [0.3, 0.4) is 0 Å². The Kier molecular flexibility index (Phi) is 10.5. The third-order valence-electron chi connectivity index (χ3n) is 4.25. The molecule has 0 radical (unpaired) electrons. The van der Waals surface area contributed by atoms with Crippen molar-refractivity contribution in [3.05, 3.63) is 53.7 Å². The van der Waals surface area contributed by atoms with Gasteiger partial charge in [-0.05, 0) is 41.7 Å². The number of aliphatic imine (C=N–C) groups is 1. The van der Waals surface area contributed by atoms with Crippen LogP contribution in [0.1, 0.15) is 30.4 Å². The van der Waals surface area contributed by atoms with Gasteiger partial charge >= 0.3 is 0 Å². The molecule has 2 N–H and O–H groups in total. The first-order chi connectivity index (χ1) is 12.7. The molecule has 0 aliphatic carbocycles. The Morgan fingerprint density at radius 3 is 2.48 bits per heavy atom. The molecule has 0 amide bonds. The number of nitrogens with one attached hydrogen (secondary N) is 2. The highest BCUT2D eigenvalue weighted by atomic mass is 127. The molecule has 1 atom stereocenters. The van der Waals surface area contributed by atoms with Gasteiger partial charge < -0.3 is 20.1 Å². The molecule has 0 bridgehead atoms. The molecular weight excluding hydrogens is 455 g/mol. The summed E-state index contributed by atoms with van der Waals surface area (Å²) in [4.78, 5) is 8.38. The molecule has 2 aromatic rings. The lowest BCUT2D eigenvalue weighted by Crippen LogP contribution is -2.37. The lowest BCUT2D eigenvalue weighted by Gasteiger charge is -2.15. The number of hydrogen-bond acceptors (Lipinski definition) is 4. The van der Waals surface area contributed by atoms with E-state index >= 15 is 0 Å². The van der Waals surface area contributed by atoms with Crippen molar-refractivity contribution in [2.45, 2.75) is 25.8 Å². The van der Waals surface area contributed by atoms with E-state index in [1.165, 1.54) is 5.56 Å². The Morgan fingerprint density at radius 1 is 1.11 bits per heavy atom. The van der Waals surface area contributed by atoms with Crippen molar-refractivity contribution in [3.63, 3.8) is 0 Å². The first-order valence-electron chi connectivity index (χ1n) is 8.73. The number of benzene rings is 1. The van der Waals surface area contributed by atoms with Crippen LogP contribution in [-0.4, -0.2) is 38.8 Å². The molecule has 0 aliphatic heterocycles. The maximum atomic E-state index is 5.21. The minimum atomic E-state index is 0. The van der Waals surface area contributed by atoms with Crippen molar-refractivity contribution >= 4 is 29.9 Å². The van der Waals surface area contributed by atoms with Crippen molar-refractivity contribution < 1.29 is 9.47 Å². The van der Waals surface area contributed by atoms with Gasteiger partial charge in [0.05, 0.1) is 14.2 Å². The maximum absolute atomic E-state index is 5.21. The largest absolute Gasteiger partial charge is 0.497 e. The van der Waals surface area contributed by atoms with Crippen LogP contribution in [0.5, 0.6) is 11.6 Å². The second-order valence-corrected chi connectivity index (χ2v) is 6.02. The monoisotopic (exact) mass is 484 g/mol. The Labute approximate surface area is 178 Å². The fourth-order valence-electron chi connectivity index (χ4n) is 2.58. The summed E-state index contributed by atoms with van der Waals surface area (Å²) in [7, 11) is 5.07. The van der Waals surface area contributed by atoms with Gasteiger partial charge in [0.15, 0.2) is 5.96 Å². The quantitative estimate of drug-likeness (QED) is 0.341. The molecule has 6 nitrogen and oxygen atoms in total. The summed E-state index contributed by atoms with van der Waals surface area (Å²) in [6.07, 6.45) is 2.75. The van der Waals surface area contributed by atoms with Gasteiger partial charge in [-0.3, -0.25) is 4.99 Å². The number of ether oxygens (including phenoxy) is 2. The number of halogens is 1. The van der Waals surface area contributed by atoms with Crippen molar-refractivity contribution in [1.82, 2.24) is 15.6 Å². The summed E-state index contributed by atoms with van der Waals surface area (Å²) in [5, 5.41) is 6.66. The number of aromatic nitrogens is 1. The highest BCUT2D eigenvalue weighted by Crippen LogP contribution is 2.21. The van der Waals surface area contributed by atoms with Crippen LogP contribution < -0.4 is 20.1 Å². The number of guanidine groups is 1. The molecule has 27 heavy (non-hydrogen) atoms. The Bertz CT molecular complexity index is 707. The molecule has 1 heterocycles. The van der Waals surface area contributed by atoms with E-state index in [0.29, 0.717) is 18.3 Å². The highest BCUT2D eigenvalue weighted by molar-refractivity contribution is 14.0. The van der Waals surface area contributed by atoms with Crippen LogP contribution in [0, 0.1) is 0 Å². The standard InChI is InChI=1S/C20H28N4O2.HI/c1-15(17-5-7-18(25-3)8-6-17)9-11-23-20(21-2)24-14-16-10-12-22-19(13-16)26-4;/h5-8,10,12-13,15H,9,11,14H2,1-4H3,(H2,21,23,24);1H. The SMILES string of the molecule is CN=C(NCCC(C)c1ccc(OC)cc1)NCc1ccnc(OC)c1.I. The number of rotatable bonds is 8. The molecule has 0 saturated carbocycles. The average molecular weight is 484 g/mol. The highest BCUT2D eigenvalue weighted by Gasteiger charge is 2.06. The van der Waals surface area contributed by atoms with Crippen molar-refractivity contribution in [1.29, 1.82) is 0 Å². The first-order valence-corrected chi connectivity index (χ1v) is 8.73. The number of methoxy groups -OCH3 is 2. The minimum absolute atomic E-state index is 0. The van der Waals surface area contributed by atoms with Crippen molar-refractivity contribution in [2.24, 2.45) is 4.99 Å². The summed E-state index contributed by atoms with van der Waals surface area (Å²) < 4.78 is 10.3. The topological polar surface area (TPSA) is 67.8 Å². The molecule has 0 fully saturated rings. The zero-order valence-corrected chi connectivity index (χ0v) is 18.7. The van der Waals surface area contributed by atoms with Crippen LogP contribution in [0.2, 0.25) is 0 Å². The van der Waals surface area contributed by atoms with Crippen molar-refractivity contribution in [2.75, 3.05) is 27.8 Å². The van der Waals surface area contributed by atoms with Gasteiger partial charge in [-0.2, -0.15) is 0 Å². The molecular formula is C20H29IN4O2. The van der Waals surface area contributed by atoms with E-state index in [4.69, 9.17) is 9.47 Å². The van der Waals surface area contributed by atoms with Gasteiger partial charge in [0.25, 0.3) is 0 Å². The molecule has 1 unspecified atom stereocenters. The van der Waals surface area contributed by atoms with E-state index in [1.807, 2.05) is 24.3 Å². The minimum Gasteiger partial charge on any atom is -0.497 e. The van der Waals surface area contributed by atoms with Gasteiger partial charge in [-0.25, -0.2) is 4.98 Å². The fourth-order valence-corrected chi connectivity index (χ4v) is 2.58. The van der Waals surface area contributed by atoms with E-state index in [-0.39, 0.29) is 24.0 Å². The molecule has 1 aromatic heterocycles. The summed E-state index contributed by atoms with van der Waals surface area (Å²) in [5.74, 6) is 2.73. The van der Waals surface area contributed by atoms with Gasteiger partial charge in [-0.15, -0.1) is 24.0 Å². The zero-order chi connectivity index (χ0) is 18.8. The Hall–Kier alpha value is -2.03. The molecule has 0 saturated heterocycles. The lowest BCUT2D eigenvalue weighted by molar-refractivity contribution is 0.397. The van der Waals surface area contributed by atoms with Crippen LogP contribution in [-0.2, 0) is 6.54 Å². The van der Waals surface area contributed by atoms with E-state index in [0.717, 1.165) is 30.2 Å². The number of hydrogen-bond donors (Lipinski definition) is 2. The smallest absolute Gasteiger partial charge is 0.213 e. The molecule has 2 rings (SSSR count). The fraction of sp³-hybridized carbons (Fsp3) is 0.400. The summed E-state index contributed by atoms with van der Waals surface area (Å²) in [6, 6.07) is 12.1. The molecule has 0 spiro atoms. The molecule has 148 valence electrons. The van der Waals surface area contributed by atoms with E-state index in [1.54, 1.807) is 27.5 Å². The van der Waals surface area contributed by atoms with Crippen LogP contribution in [0.4, 0.5) is 0 Å². The Morgan fingerprint density at radius 2 is 1.85 bits per heavy atom. The first kappa shape index (κ1) is 23.0. The molecule has 1 aromatic carbocycles. The Balaban J connectivity index is 0.00000364. The van der Waals surface area contributed by atoms with Crippen LogP contribution in [0.25, 0.3) is 0 Å². The predicted octanol–water partition coefficient (Wildman–Crippen LogP) is 3.58. The second kappa shape index (κ2) is 12.4. The third kappa shape index (κ3) is 7.62. The number of pyridine rings is 1. The second-order valence-electron chi connectivity index (χ2n) is 6.02. The molecule has 0 aliphatic rings. The lowest BCUT2D eigenvalue weighted by atomic mass is 9.98. The van der Waals surface area contributed by atoms with Gasteiger partial charge in [-0.1, -0.05) is 19.1 Å². The predicted molar refractivity (Wildman–Crippen MR) is 120 cm³/mol. The van der Waals surface area contributed by atoms with Crippen molar-refractivity contribution in [3.8, 4) is 11.6 Å². The van der Waals surface area contributed by atoms with Gasteiger partial charge in [0.1, 0.15) is 5.75 Å².